The molecule has 1 aromatic rings. The van der Waals surface area contributed by atoms with Crippen molar-refractivity contribution in [1.82, 2.24) is 9.55 Å². The lowest BCUT2D eigenvalue weighted by atomic mass is 10.5. The molecule has 0 unspecified atom stereocenters. The first-order chi connectivity index (χ1) is 6.79. The molecule has 0 amide bonds. The first-order valence-electron chi connectivity index (χ1n) is 4.54. The summed E-state index contributed by atoms with van der Waals surface area (Å²) in [4.78, 5) is 14.1. The van der Waals surface area contributed by atoms with Gasteiger partial charge in [-0.1, -0.05) is 0 Å². The van der Waals surface area contributed by atoms with E-state index in [1.54, 1.807) is 24.3 Å². The largest absolute Gasteiger partial charge is 0.481 e. The molecule has 14 heavy (non-hydrogen) atoms. The zero-order valence-corrected chi connectivity index (χ0v) is 8.74. The maximum absolute atomic E-state index is 10.2. The number of aliphatic carboxylic acids is 1. The molecule has 0 saturated heterocycles. The van der Waals surface area contributed by atoms with E-state index in [1.807, 2.05) is 10.8 Å². The Bertz CT molecular complexity index is 262. The molecule has 0 radical (unpaired) electrons. The number of carbonyl (C=O) groups is 1. The number of hydrogen-bond donors (Lipinski definition) is 1. The van der Waals surface area contributed by atoms with Gasteiger partial charge in [0.1, 0.15) is 0 Å². The van der Waals surface area contributed by atoms with E-state index in [4.69, 9.17) is 5.11 Å². The van der Waals surface area contributed by atoms with Crippen LogP contribution in [0.3, 0.4) is 0 Å². The number of aryl methyl sites for hydroxylation is 1. The quantitative estimate of drug-likeness (QED) is 0.698. The van der Waals surface area contributed by atoms with Crippen LogP contribution in [0.4, 0.5) is 0 Å². The van der Waals surface area contributed by atoms with Crippen molar-refractivity contribution in [2.45, 2.75) is 19.4 Å². The van der Waals surface area contributed by atoms with E-state index in [0.717, 1.165) is 18.7 Å². The van der Waals surface area contributed by atoms with Gasteiger partial charge in [-0.3, -0.25) is 4.79 Å². The highest BCUT2D eigenvalue weighted by molar-refractivity contribution is 7.99. The molecule has 0 aromatic carbocycles. The van der Waals surface area contributed by atoms with Gasteiger partial charge in [-0.2, -0.15) is 11.8 Å². The lowest BCUT2D eigenvalue weighted by Gasteiger charge is -2.01. The van der Waals surface area contributed by atoms with Crippen LogP contribution in [-0.4, -0.2) is 32.1 Å². The topological polar surface area (TPSA) is 55.1 Å². The number of imidazole rings is 1. The molecule has 1 N–H and O–H groups in total. The Morgan fingerprint density at radius 2 is 2.36 bits per heavy atom. The zero-order chi connectivity index (χ0) is 10.2. The Kier molecular flexibility index (Phi) is 5.14. The molecule has 1 aromatic heterocycles. The molecule has 0 aliphatic heterocycles. The fourth-order valence-electron chi connectivity index (χ4n) is 1.03. The molecule has 0 bridgehead atoms. The summed E-state index contributed by atoms with van der Waals surface area (Å²) in [6.45, 7) is 0.958. The van der Waals surface area contributed by atoms with Crippen LogP contribution in [0, 0.1) is 0 Å². The Labute approximate surface area is 87.3 Å². The van der Waals surface area contributed by atoms with Gasteiger partial charge in [0.2, 0.25) is 0 Å². The van der Waals surface area contributed by atoms with Crippen LogP contribution >= 0.6 is 11.8 Å². The molecule has 4 nitrogen and oxygen atoms in total. The summed E-state index contributed by atoms with van der Waals surface area (Å²) in [5, 5.41) is 8.39. The number of carboxylic acids is 1. The van der Waals surface area contributed by atoms with E-state index in [2.05, 4.69) is 4.98 Å². The van der Waals surface area contributed by atoms with Crippen molar-refractivity contribution in [3.63, 3.8) is 0 Å². The SMILES string of the molecule is O=C(O)CCSCCCn1ccnc1. The molecule has 0 aliphatic rings. The van der Waals surface area contributed by atoms with Crippen molar-refractivity contribution < 1.29 is 9.90 Å². The molecule has 0 fully saturated rings. The second-order valence-corrected chi connectivity index (χ2v) is 4.13. The summed E-state index contributed by atoms with van der Waals surface area (Å²) in [5.41, 5.74) is 0. The van der Waals surface area contributed by atoms with Gasteiger partial charge in [0.25, 0.3) is 0 Å². The van der Waals surface area contributed by atoms with Crippen molar-refractivity contribution in [3.05, 3.63) is 18.7 Å². The van der Waals surface area contributed by atoms with E-state index in [9.17, 15) is 4.79 Å². The Balaban J connectivity index is 1.92. The molecule has 1 rings (SSSR count). The average molecular weight is 214 g/mol. The summed E-state index contributed by atoms with van der Waals surface area (Å²) in [6.07, 6.45) is 6.80. The van der Waals surface area contributed by atoms with Gasteiger partial charge in [-0.05, 0) is 12.2 Å². The van der Waals surface area contributed by atoms with Crippen molar-refractivity contribution in [2.24, 2.45) is 0 Å². The van der Waals surface area contributed by atoms with Gasteiger partial charge >= 0.3 is 5.97 Å². The standard InChI is InChI=1S/C9H14N2O2S/c12-9(13)2-7-14-6-1-4-11-5-3-10-8-11/h3,5,8H,1-2,4,6-7H2,(H,12,13). The van der Waals surface area contributed by atoms with E-state index >= 15 is 0 Å². The predicted molar refractivity (Wildman–Crippen MR) is 56.4 cm³/mol. The Morgan fingerprint density at radius 3 is 3.00 bits per heavy atom. The van der Waals surface area contributed by atoms with Crippen molar-refractivity contribution >= 4 is 17.7 Å². The van der Waals surface area contributed by atoms with Crippen molar-refractivity contribution in [3.8, 4) is 0 Å². The molecular formula is C9H14N2O2S. The van der Waals surface area contributed by atoms with Crippen LogP contribution < -0.4 is 0 Å². The number of aromatic nitrogens is 2. The molecule has 0 saturated carbocycles. The molecule has 0 atom stereocenters. The third kappa shape index (κ3) is 4.91. The summed E-state index contributed by atoms with van der Waals surface area (Å²) < 4.78 is 2.03. The fourth-order valence-corrected chi connectivity index (χ4v) is 1.89. The molecular weight excluding hydrogens is 200 g/mol. The maximum Gasteiger partial charge on any atom is 0.304 e. The summed E-state index contributed by atoms with van der Waals surface area (Å²) in [6, 6.07) is 0. The second-order valence-electron chi connectivity index (χ2n) is 2.91. The van der Waals surface area contributed by atoms with Gasteiger partial charge in [0.05, 0.1) is 12.7 Å². The van der Waals surface area contributed by atoms with Crippen molar-refractivity contribution in [1.29, 1.82) is 0 Å². The Hall–Kier alpha value is -0.970. The molecule has 0 aliphatic carbocycles. The van der Waals surface area contributed by atoms with Gasteiger partial charge in [-0.25, -0.2) is 4.98 Å². The smallest absolute Gasteiger partial charge is 0.304 e. The zero-order valence-electron chi connectivity index (χ0n) is 7.93. The molecule has 1 heterocycles. The number of rotatable bonds is 7. The van der Waals surface area contributed by atoms with Gasteiger partial charge in [-0.15, -0.1) is 0 Å². The normalized spacial score (nSPS) is 10.3. The third-order valence-electron chi connectivity index (χ3n) is 1.72. The van der Waals surface area contributed by atoms with Gasteiger partial charge < -0.3 is 9.67 Å². The van der Waals surface area contributed by atoms with Crippen molar-refractivity contribution in [2.75, 3.05) is 11.5 Å². The minimum Gasteiger partial charge on any atom is -0.481 e. The molecule has 5 heteroatoms. The lowest BCUT2D eigenvalue weighted by molar-refractivity contribution is -0.136. The van der Waals surface area contributed by atoms with Gasteiger partial charge in [0, 0.05) is 24.7 Å². The van der Waals surface area contributed by atoms with Crippen LogP contribution in [-0.2, 0) is 11.3 Å². The van der Waals surface area contributed by atoms with E-state index in [-0.39, 0.29) is 6.42 Å². The number of thioether (sulfide) groups is 1. The highest BCUT2D eigenvalue weighted by atomic mass is 32.2. The monoisotopic (exact) mass is 214 g/mol. The number of nitrogens with zero attached hydrogens (tertiary/aromatic N) is 2. The summed E-state index contributed by atoms with van der Waals surface area (Å²) in [5.74, 6) is 0.997. The third-order valence-corrected chi connectivity index (χ3v) is 2.79. The average Bonchev–Trinajstić information content (AvgIpc) is 2.63. The first-order valence-corrected chi connectivity index (χ1v) is 5.70. The second kappa shape index (κ2) is 6.48. The fraction of sp³-hybridized carbons (Fsp3) is 0.556. The van der Waals surface area contributed by atoms with Crippen LogP contribution in [0.2, 0.25) is 0 Å². The summed E-state index contributed by atoms with van der Waals surface area (Å²) in [7, 11) is 0. The predicted octanol–water partition coefficient (Wildman–Crippen LogP) is 1.48. The highest BCUT2D eigenvalue weighted by Gasteiger charge is 1.96. The van der Waals surface area contributed by atoms with E-state index < -0.39 is 5.97 Å². The van der Waals surface area contributed by atoms with Crippen LogP contribution in [0.5, 0.6) is 0 Å². The van der Waals surface area contributed by atoms with E-state index in [1.165, 1.54) is 0 Å². The van der Waals surface area contributed by atoms with Crippen LogP contribution in [0.1, 0.15) is 12.8 Å². The molecule has 0 spiro atoms. The lowest BCUT2D eigenvalue weighted by Crippen LogP contribution is -1.99. The van der Waals surface area contributed by atoms with E-state index in [0.29, 0.717) is 5.75 Å². The van der Waals surface area contributed by atoms with Crippen LogP contribution in [0.15, 0.2) is 18.7 Å². The number of hydrogen-bond acceptors (Lipinski definition) is 3. The molecule has 78 valence electrons. The highest BCUT2D eigenvalue weighted by Crippen LogP contribution is 2.05. The summed E-state index contributed by atoms with van der Waals surface area (Å²) >= 11 is 1.69. The van der Waals surface area contributed by atoms with Crippen LogP contribution in [0.25, 0.3) is 0 Å². The number of carboxylic acid groups (broad SMARTS) is 1. The van der Waals surface area contributed by atoms with Gasteiger partial charge in [0.15, 0.2) is 0 Å². The first kappa shape index (κ1) is 11.1. The minimum atomic E-state index is -0.716. The Morgan fingerprint density at radius 1 is 1.50 bits per heavy atom. The maximum atomic E-state index is 10.2. The minimum absolute atomic E-state index is 0.260.